The second kappa shape index (κ2) is 16.2. The maximum atomic E-state index is 6.88. The van der Waals surface area contributed by atoms with Crippen molar-refractivity contribution in [2.24, 2.45) is 0 Å². The molecule has 3 heteroatoms. The number of rotatable bonds is 2. The molecule has 0 aliphatic rings. The number of aliphatic hydroxyl groups excluding tert-OH is 1. The van der Waals surface area contributed by atoms with Crippen LogP contribution < -0.4 is 0 Å². The van der Waals surface area contributed by atoms with Crippen LogP contribution >= 0.6 is 12.2 Å². The molecule has 0 bridgehead atoms. The highest BCUT2D eigenvalue weighted by molar-refractivity contribution is 7.78. The van der Waals surface area contributed by atoms with Crippen LogP contribution in [0.3, 0.4) is 0 Å². The van der Waals surface area contributed by atoms with E-state index in [9.17, 15) is 0 Å². The summed E-state index contributed by atoms with van der Waals surface area (Å²) < 4.78 is 0. The zero-order valence-electron chi connectivity index (χ0n) is 4.79. The molecule has 0 aliphatic heterocycles. The fraction of sp³-hybridized carbons (Fsp3) is 0.600. The van der Waals surface area contributed by atoms with E-state index in [4.69, 9.17) is 10.4 Å². The van der Waals surface area contributed by atoms with Gasteiger partial charge in [0.2, 0.25) is 0 Å². The number of thiocarbonyl (C=S) groups is 1. The molecule has 0 rings (SSSR count). The van der Waals surface area contributed by atoms with Crippen molar-refractivity contribution in [3.05, 3.63) is 0 Å². The third-order valence-electron chi connectivity index (χ3n) is 0.407. The lowest BCUT2D eigenvalue weighted by Gasteiger charge is -1.71. The Morgan fingerprint density at radius 1 is 1.88 bits per heavy atom. The fourth-order valence-electron chi connectivity index (χ4n) is 0.118. The molecule has 0 aliphatic carbocycles. The van der Waals surface area contributed by atoms with Crippen molar-refractivity contribution < 1.29 is 5.11 Å². The van der Waals surface area contributed by atoms with Crippen LogP contribution in [0.25, 0.3) is 0 Å². The fourth-order valence-corrected chi connectivity index (χ4v) is 0.354. The van der Waals surface area contributed by atoms with Crippen LogP contribution in [-0.4, -0.2) is 10.5 Å². The second-order valence-electron chi connectivity index (χ2n) is 1.06. The van der Waals surface area contributed by atoms with E-state index in [0.29, 0.717) is 0 Å². The maximum Gasteiger partial charge on any atom is 0.283 e. The van der Waals surface area contributed by atoms with Gasteiger partial charge in [0, 0.05) is 0 Å². The first-order valence-corrected chi connectivity index (χ1v) is 2.77. The number of aliphatic hydroxyl groups is 1. The minimum absolute atomic E-state index is 0.750. The molecule has 0 aromatic rings. The first-order chi connectivity index (χ1) is 3.83. The van der Waals surface area contributed by atoms with Crippen LogP contribution in [0.1, 0.15) is 19.8 Å². The van der Waals surface area contributed by atoms with Gasteiger partial charge in [-0.15, -0.1) is 0 Å². The number of hydrogen-bond acceptors (Lipinski definition) is 3. The van der Waals surface area contributed by atoms with E-state index in [-0.39, 0.29) is 0 Å². The molecule has 8 heavy (non-hydrogen) atoms. The first-order valence-electron chi connectivity index (χ1n) is 2.30. The third kappa shape index (κ3) is 54.2. The molecule has 2 nitrogen and oxygen atoms in total. The summed E-state index contributed by atoms with van der Waals surface area (Å²) in [5, 5.41) is 15.5. The van der Waals surface area contributed by atoms with Gasteiger partial charge in [-0.1, -0.05) is 25.6 Å². The van der Waals surface area contributed by atoms with Gasteiger partial charge < -0.3 is 5.11 Å². The first kappa shape index (κ1) is 10.4. The largest absolute Gasteiger partial charge is 0.443 e. The second-order valence-corrected chi connectivity index (χ2v) is 1.39. The Kier molecular flexibility index (Phi) is 21.0. The summed E-state index contributed by atoms with van der Waals surface area (Å²) in [6.07, 6.45) is 3.01. The molecule has 0 saturated heterocycles. The Labute approximate surface area is 54.8 Å². The van der Waals surface area contributed by atoms with E-state index < -0.39 is 0 Å². The molecule has 0 heterocycles. The molecule has 0 spiro atoms. The van der Waals surface area contributed by atoms with Gasteiger partial charge in [0.15, 0.2) is 0 Å². The van der Waals surface area contributed by atoms with Crippen molar-refractivity contribution in [2.45, 2.75) is 19.8 Å². The molecule has 0 unspecified atom stereocenters. The predicted molar refractivity (Wildman–Crippen MR) is 36.1 cm³/mol. The smallest absolute Gasteiger partial charge is 0.283 e. The molecule has 0 saturated carbocycles. The number of nitrogens with zero attached hydrogens (tertiary/aromatic N) is 1. The van der Waals surface area contributed by atoms with Crippen LogP contribution in [0, 0.1) is 11.5 Å². The summed E-state index contributed by atoms with van der Waals surface area (Å²) in [7, 11) is 0. The van der Waals surface area contributed by atoms with E-state index in [0.717, 1.165) is 12.7 Å². The normalized spacial score (nSPS) is 5.50. The molecular weight excluding hydrogens is 122 g/mol. The summed E-state index contributed by atoms with van der Waals surface area (Å²) in [6.45, 7) is 2.11. The third-order valence-corrected chi connectivity index (χ3v) is 0.642. The van der Waals surface area contributed by atoms with E-state index in [1.807, 2.05) is 0 Å². The van der Waals surface area contributed by atoms with Gasteiger partial charge in [0.25, 0.3) is 6.26 Å². The highest BCUT2D eigenvalue weighted by Gasteiger charge is 1.63. The van der Waals surface area contributed by atoms with Crippen LogP contribution in [-0.2, 0) is 0 Å². The van der Waals surface area contributed by atoms with Crippen molar-refractivity contribution >= 4 is 17.6 Å². The lowest BCUT2D eigenvalue weighted by Crippen LogP contribution is -1.61. The quantitative estimate of drug-likeness (QED) is 0.457. The van der Waals surface area contributed by atoms with Gasteiger partial charge >= 0.3 is 0 Å². The molecule has 0 atom stereocenters. The van der Waals surface area contributed by atoms with Crippen molar-refractivity contribution in [3.8, 4) is 6.26 Å². The SMILES string of the molecule is CCCC=S.N#CO. The van der Waals surface area contributed by atoms with Crippen molar-refractivity contribution in [1.82, 2.24) is 0 Å². The van der Waals surface area contributed by atoms with E-state index >= 15 is 0 Å². The molecule has 1 N–H and O–H groups in total. The number of hydrogen-bond donors (Lipinski definition) is 1. The molecule has 0 radical (unpaired) electrons. The molecule has 0 aromatic carbocycles. The molecule has 0 aromatic heterocycles. The molecular formula is C5H9NOS. The van der Waals surface area contributed by atoms with E-state index in [1.54, 1.807) is 5.37 Å². The Balaban J connectivity index is 0. The average Bonchev–Trinajstić information content (AvgIpc) is 1.71. The lowest BCUT2D eigenvalue weighted by atomic mass is 10.4. The highest BCUT2D eigenvalue weighted by Crippen LogP contribution is 1.77. The lowest BCUT2D eigenvalue weighted by molar-refractivity contribution is 0.503. The minimum Gasteiger partial charge on any atom is -0.443 e. The van der Waals surface area contributed by atoms with Gasteiger partial charge in [-0.2, -0.15) is 5.26 Å². The number of nitriles is 1. The topological polar surface area (TPSA) is 44.0 Å². The zero-order chi connectivity index (χ0) is 6.83. The summed E-state index contributed by atoms with van der Waals surface area (Å²) in [4.78, 5) is 0. The predicted octanol–water partition coefficient (Wildman–Crippen LogP) is 1.63. The van der Waals surface area contributed by atoms with E-state index in [1.165, 1.54) is 6.42 Å². The minimum atomic E-state index is 0.750. The Hall–Kier alpha value is -0.620. The molecule has 0 amide bonds. The van der Waals surface area contributed by atoms with Crippen LogP contribution in [0.5, 0.6) is 0 Å². The average molecular weight is 131 g/mol. The Morgan fingerprint density at radius 3 is 2.25 bits per heavy atom. The van der Waals surface area contributed by atoms with Gasteiger partial charge in [-0.25, -0.2) is 0 Å². The Bertz CT molecular complexity index is 77.0. The van der Waals surface area contributed by atoms with Gasteiger partial charge in [-0.05, 0) is 11.8 Å². The van der Waals surface area contributed by atoms with Crippen LogP contribution in [0.2, 0.25) is 0 Å². The van der Waals surface area contributed by atoms with Gasteiger partial charge in [0.1, 0.15) is 0 Å². The standard InChI is InChI=1S/C4H8S.CHNO/c1-2-3-4-5;2-1-3/h4H,2-3H2,1H3;3H. The highest BCUT2D eigenvalue weighted by atomic mass is 32.1. The summed E-state index contributed by atoms with van der Waals surface area (Å²) in [5.74, 6) is 0. The molecule has 46 valence electrons. The van der Waals surface area contributed by atoms with Gasteiger partial charge in [0.05, 0.1) is 0 Å². The Morgan fingerprint density at radius 2 is 2.25 bits per heavy atom. The van der Waals surface area contributed by atoms with Crippen molar-refractivity contribution in [1.29, 1.82) is 5.26 Å². The maximum absolute atomic E-state index is 6.88. The van der Waals surface area contributed by atoms with Crippen LogP contribution in [0.15, 0.2) is 0 Å². The summed E-state index contributed by atoms with van der Waals surface area (Å²) >= 11 is 4.53. The zero-order valence-corrected chi connectivity index (χ0v) is 5.61. The van der Waals surface area contributed by atoms with Crippen LogP contribution in [0.4, 0.5) is 0 Å². The summed E-state index contributed by atoms with van der Waals surface area (Å²) in [6, 6.07) is 0. The van der Waals surface area contributed by atoms with Crippen molar-refractivity contribution in [3.63, 3.8) is 0 Å². The summed E-state index contributed by atoms with van der Waals surface area (Å²) in [5.41, 5.74) is 0. The molecule has 0 fully saturated rings. The number of unbranched alkanes of at least 4 members (excludes halogenated alkanes) is 1. The van der Waals surface area contributed by atoms with Gasteiger partial charge in [-0.3, -0.25) is 0 Å². The van der Waals surface area contributed by atoms with E-state index in [2.05, 4.69) is 19.1 Å². The van der Waals surface area contributed by atoms with Crippen molar-refractivity contribution in [2.75, 3.05) is 0 Å². The monoisotopic (exact) mass is 131 g/mol.